The number of halogens is 1. The third-order valence-corrected chi connectivity index (χ3v) is 5.41. The third-order valence-electron chi connectivity index (χ3n) is 4.08. The van der Waals surface area contributed by atoms with Crippen molar-refractivity contribution in [2.24, 2.45) is 4.99 Å². The maximum Gasteiger partial charge on any atom is 0.213 e. The fourth-order valence-electron chi connectivity index (χ4n) is 2.56. The number of nitrogens with zero attached hydrogens (tertiary/aromatic N) is 1. The van der Waals surface area contributed by atoms with Gasteiger partial charge in [-0.15, -0.1) is 24.0 Å². The predicted octanol–water partition coefficient (Wildman–Crippen LogP) is 1.08. The molecule has 0 spiro atoms. The zero-order valence-corrected chi connectivity index (χ0v) is 19.4. The first-order valence-corrected chi connectivity index (χ1v) is 10.9. The molecular weight excluding hydrogens is 495 g/mol. The summed E-state index contributed by atoms with van der Waals surface area (Å²) in [6, 6.07) is 9.43. The van der Waals surface area contributed by atoms with Crippen LogP contribution in [0.15, 0.2) is 35.3 Å². The molecule has 1 unspecified atom stereocenters. The highest BCUT2D eigenvalue weighted by molar-refractivity contribution is 14.0. The molecule has 0 aromatic heterocycles. The minimum atomic E-state index is -3.35. The molecule has 1 atom stereocenters. The maximum atomic E-state index is 12.1. The van der Waals surface area contributed by atoms with Crippen LogP contribution in [0.3, 0.4) is 0 Å². The topological polar surface area (TPSA) is 101 Å². The van der Waals surface area contributed by atoms with Gasteiger partial charge in [-0.05, 0) is 18.4 Å². The standard InChI is InChI=1S/C18H30N4O4S.HI/c1-19-18(20-9-5-11-26-17-8-12-25-15-17)21-10-13-27(23,24)22-14-16-6-3-2-4-7-16;/h2-4,6-7,17,22H,5,8-15H2,1H3,(H2,19,20,21);1H. The van der Waals surface area contributed by atoms with Gasteiger partial charge >= 0.3 is 0 Å². The van der Waals surface area contributed by atoms with E-state index in [4.69, 9.17) is 9.47 Å². The second-order valence-electron chi connectivity index (χ2n) is 6.26. The molecule has 1 aromatic carbocycles. The number of guanidine groups is 1. The maximum absolute atomic E-state index is 12.1. The summed E-state index contributed by atoms with van der Waals surface area (Å²) < 4.78 is 37.7. The molecule has 0 bridgehead atoms. The molecule has 28 heavy (non-hydrogen) atoms. The summed E-state index contributed by atoms with van der Waals surface area (Å²) >= 11 is 0. The number of sulfonamides is 1. The van der Waals surface area contributed by atoms with Gasteiger partial charge in [0.2, 0.25) is 10.0 Å². The lowest BCUT2D eigenvalue weighted by molar-refractivity contribution is 0.0420. The van der Waals surface area contributed by atoms with Crippen LogP contribution < -0.4 is 15.4 Å². The summed E-state index contributed by atoms with van der Waals surface area (Å²) in [5.41, 5.74) is 0.929. The second-order valence-corrected chi connectivity index (χ2v) is 8.19. The molecule has 1 saturated heterocycles. The van der Waals surface area contributed by atoms with Crippen LogP contribution in [0.5, 0.6) is 0 Å². The Kier molecular flexibility index (Phi) is 12.6. The molecule has 3 N–H and O–H groups in total. The lowest BCUT2D eigenvalue weighted by atomic mass is 10.2. The van der Waals surface area contributed by atoms with E-state index in [-0.39, 0.29) is 42.4 Å². The summed E-state index contributed by atoms with van der Waals surface area (Å²) in [4.78, 5) is 4.09. The molecule has 0 amide bonds. The van der Waals surface area contributed by atoms with Crippen LogP contribution in [0.4, 0.5) is 0 Å². The molecule has 1 heterocycles. The molecule has 2 rings (SSSR count). The minimum absolute atomic E-state index is 0. The lowest BCUT2D eigenvalue weighted by Gasteiger charge is -2.13. The minimum Gasteiger partial charge on any atom is -0.379 e. The number of hydrogen-bond donors (Lipinski definition) is 3. The van der Waals surface area contributed by atoms with E-state index in [1.807, 2.05) is 30.3 Å². The highest BCUT2D eigenvalue weighted by Gasteiger charge is 2.15. The van der Waals surface area contributed by atoms with Crippen LogP contribution in [0, 0.1) is 0 Å². The predicted molar refractivity (Wildman–Crippen MR) is 122 cm³/mol. The van der Waals surface area contributed by atoms with Gasteiger partial charge in [-0.3, -0.25) is 4.99 Å². The zero-order valence-electron chi connectivity index (χ0n) is 16.2. The number of hydrogen-bond acceptors (Lipinski definition) is 5. The molecule has 1 aromatic rings. The van der Waals surface area contributed by atoms with Crippen molar-refractivity contribution in [1.82, 2.24) is 15.4 Å². The number of benzene rings is 1. The average molecular weight is 526 g/mol. The first kappa shape index (κ1) is 25.1. The van der Waals surface area contributed by atoms with Gasteiger partial charge in [0.25, 0.3) is 0 Å². The summed E-state index contributed by atoms with van der Waals surface area (Å²) in [6.45, 7) is 3.40. The Morgan fingerprint density at radius 3 is 2.68 bits per heavy atom. The normalized spacial score (nSPS) is 17.2. The molecule has 1 fully saturated rings. The molecule has 1 aliphatic rings. The van der Waals surface area contributed by atoms with Crippen molar-refractivity contribution in [3.8, 4) is 0 Å². The summed E-state index contributed by atoms with van der Waals surface area (Å²) in [5.74, 6) is 0.558. The van der Waals surface area contributed by atoms with Crippen LogP contribution in [0.25, 0.3) is 0 Å². The van der Waals surface area contributed by atoms with E-state index in [0.29, 0.717) is 32.3 Å². The number of aliphatic imine (C=N–C) groups is 1. The summed E-state index contributed by atoms with van der Waals surface area (Å²) in [7, 11) is -1.69. The Bertz CT molecular complexity index is 667. The number of nitrogens with one attached hydrogen (secondary N) is 3. The van der Waals surface area contributed by atoms with Gasteiger partial charge in [-0.1, -0.05) is 30.3 Å². The molecule has 0 aliphatic carbocycles. The summed E-state index contributed by atoms with van der Waals surface area (Å²) in [5, 5.41) is 6.17. The largest absolute Gasteiger partial charge is 0.379 e. The highest BCUT2D eigenvalue weighted by atomic mass is 127. The Hall–Kier alpha value is -0.950. The zero-order chi connectivity index (χ0) is 19.4. The van der Waals surface area contributed by atoms with Crippen LogP contribution in [-0.4, -0.2) is 66.2 Å². The second kappa shape index (κ2) is 14.1. The molecule has 0 radical (unpaired) electrons. The lowest BCUT2D eigenvalue weighted by Crippen LogP contribution is -2.41. The van der Waals surface area contributed by atoms with Crippen LogP contribution in [-0.2, 0) is 26.0 Å². The fourth-order valence-corrected chi connectivity index (χ4v) is 3.46. The van der Waals surface area contributed by atoms with E-state index in [0.717, 1.165) is 25.0 Å². The van der Waals surface area contributed by atoms with Crippen molar-refractivity contribution in [2.75, 3.05) is 45.7 Å². The van der Waals surface area contributed by atoms with Gasteiger partial charge in [0.15, 0.2) is 5.96 Å². The van der Waals surface area contributed by atoms with E-state index in [9.17, 15) is 8.42 Å². The average Bonchev–Trinajstić information content (AvgIpc) is 3.19. The van der Waals surface area contributed by atoms with Crippen molar-refractivity contribution in [3.05, 3.63) is 35.9 Å². The quantitative estimate of drug-likeness (QED) is 0.173. The van der Waals surface area contributed by atoms with Gasteiger partial charge in [0.05, 0.1) is 18.5 Å². The molecule has 10 heteroatoms. The first-order valence-electron chi connectivity index (χ1n) is 9.24. The van der Waals surface area contributed by atoms with Crippen molar-refractivity contribution < 1.29 is 17.9 Å². The number of ether oxygens (including phenoxy) is 2. The van der Waals surface area contributed by atoms with E-state index >= 15 is 0 Å². The smallest absolute Gasteiger partial charge is 0.213 e. The van der Waals surface area contributed by atoms with Gasteiger partial charge in [-0.2, -0.15) is 0 Å². The van der Waals surface area contributed by atoms with Crippen molar-refractivity contribution in [1.29, 1.82) is 0 Å². The van der Waals surface area contributed by atoms with Crippen LogP contribution in [0.2, 0.25) is 0 Å². The van der Waals surface area contributed by atoms with E-state index in [1.54, 1.807) is 7.05 Å². The Morgan fingerprint density at radius 2 is 2.00 bits per heavy atom. The highest BCUT2D eigenvalue weighted by Crippen LogP contribution is 2.07. The Labute approximate surface area is 184 Å². The van der Waals surface area contributed by atoms with E-state index in [1.165, 1.54) is 0 Å². The number of rotatable bonds is 11. The van der Waals surface area contributed by atoms with Crippen molar-refractivity contribution in [2.45, 2.75) is 25.5 Å². The van der Waals surface area contributed by atoms with Gasteiger partial charge in [0, 0.05) is 39.9 Å². The monoisotopic (exact) mass is 526 g/mol. The first-order chi connectivity index (χ1) is 13.1. The molecular formula is C18H31IN4O4S. The third kappa shape index (κ3) is 10.6. The summed E-state index contributed by atoms with van der Waals surface area (Å²) in [6.07, 6.45) is 2.02. The van der Waals surface area contributed by atoms with Gasteiger partial charge in [0.1, 0.15) is 0 Å². The Morgan fingerprint density at radius 1 is 1.25 bits per heavy atom. The van der Waals surface area contributed by atoms with Crippen molar-refractivity contribution in [3.63, 3.8) is 0 Å². The molecule has 1 aliphatic heterocycles. The van der Waals surface area contributed by atoms with E-state index in [2.05, 4.69) is 20.3 Å². The van der Waals surface area contributed by atoms with Crippen molar-refractivity contribution >= 4 is 40.0 Å². The fraction of sp³-hybridized carbons (Fsp3) is 0.611. The van der Waals surface area contributed by atoms with E-state index < -0.39 is 10.0 Å². The van der Waals surface area contributed by atoms with Gasteiger partial charge in [-0.25, -0.2) is 13.1 Å². The SMILES string of the molecule is CN=C(NCCCOC1CCOC1)NCCS(=O)(=O)NCc1ccccc1.I. The Balaban J connectivity index is 0.00000392. The molecule has 0 saturated carbocycles. The molecule has 8 nitrogen and oxygen atoms in total. The van der Waals surface area contributed by atoms with Gasteiger partial charge < -0.3 is 20.1 Å². The van der Waals surface area contributed by atoms with Crippen LogP contribution in [0.1, 0.15) is 18.4 Å². The van der Waals surface area contributed by atoms with Crippen LogP contribution >= 0.6 is 24.0 Å². The molecule has 160 valence electrons.